The first-order valence-electron chi connectivity index (χ1n) is 7.74. The van der Waals surface area contributed by atoms with Crippen LogP contribution in [0.15, 0.2) is 0 Å². The van der Waals surface area contributed by atoms with Crippen LogP contribution in [0.1, 0.15) is 52.4 Å². The minimum atomic E-state index is 0.253. The van der Waals surface area contributed by atoms with Gasteiger partial charge in [-0.2, -0.15) is 0 Å². The standard InChI is InChI=1S/C15H28N2O/c1-3-4-10-17(11-14-6-5-9-16-14)15(18)12(2)13-7-8-13/h12-14,16H,3-11H2,1-2H3. The van der Waals surface area contributed by atoms with Crippen molar-refractivity contribution in [3.05, 3.63) is 0 Å². The molecule has 2 unspecified atom stereocenters. The van der Waals surface area contributed by atoms with E-state index in [9.17, 15) is 4.79 Å². The fourth-order valence-corrected chi connectivity index (χ4v) is 2.90. The summed E-state index contributed by atoms with van der Waals surface area (Å²) in [6.07, 6.45) is 7.31. The maximum Gasteiger partial charge on any atom is 0.225 e. The van der Waals surface area contributed by atoms with Gasteiger partial charge < -0.3 is 10.2 Å². The molecule has 1 saturated heterocycles. The molecular weight excluding hydrogens is 224 g/mol. The lowest BCUT2D eigenvalue weighted by molar-refractivity contribution is -0.136. The highest BCUT2D eigenvalue weighted by Gasteiger charge is 2.35. The number of hydrogen-bond acceptors (Lipinski definition) is 2. The summed E-state index contributed by atoms with van der Waals surface area (Å²) in [4.78, 5) is 14.7. The van der Waals surface area contributed by atoms with E-state index in [4.69, 9.17) is 0 Å². The van der Waals surface area contributed by atoms with Crippen LogP contribution < -0.4 is 5.32 Å². The summed E-state index contributed by atoms with van der Waals surface area (Å²) in [5, 5.41) is 3.51. The maximum absolute atomic E-state index is 12.5. The van der Waals surface area contributed by atoms with Gasteiger partial charge in [-0.3, -0.25) is 4.79 Å². The Labute approximate surface area is 111 Å². The molecule has 0 aromatic heterocycles. The predicted molar refractivity (Wildman–Crippen MR) is 74.4 cm³/mol. The van der Waals surface area contributed by atoms with Crippen LogP contribution in [0.25, 0.3) is 0 Å². The first-order valence-corrected chi connectivity index (χ1v) is 7.74. The average Bonchev–Trinajstić information content (AvgIpc) is 3.11. The molecule has 2 rings (SSSR count). The van der Waals surface area contributed by atoms with Crippen molar-refractivity contribution in [2.45, 2.75) is 58.4 Å². The van der Waals surface area contributed by atoms with Gasteiger partial charge in [-0.1, -0.05) is 20.3 Å². The largest absolute Gasteiger partial charge is 0.341 e. The third-order valence-corrected chi connectivity index (χ3v) is 4.42. The zero-order valence-electron chi connectivity index (χ0n) is 12.0. The lowest BCUT2D eigenvalue weighted by atomic mass is 10.0. The molecule has 104 valence electrons. The highest BCUT2D eigenvalue weighted by Crippen LogP contribution is 2.37. The number of nitrogens with one attached hydrogen (secondary N) is 1. The molecule has 0 aromatic rings. The van der Waals surface area contributed by atoms with Gasteiger partial charge in [0, 0.05) is 25.0 Å². The Morgan fingerprint density at radius 1 is 1.39 bits per heavy atom. The molecule has 0 radical (unpaired) electrons. The maximum atomic E-state index is 12.5. The van der Waals surface area contributed by atoms with Crippen molar-refractivity contribution >= 4 is 5.91 Å². The number of rotatable bonds is 7. The van der Waals surface area contributed by atoms with E-state index in [0.717, 1.165) is 26.1 Å². The molecule has 0 spiro atoms. The number of carbonyl (C=O) groups excluding carboxylic acids is 1. The summed E-state index contributed by atoms with van der Waals surface area (Å²) in [6, 6.07) is 0.539. The topological polar surface area (TPSA) is 32.3 Å². The minimum absolute atomic E-state index is 0.253. The van der Waals surface area contributed by atoms with Gasteiger partial charge in [0.2, 0.25) is 5.91 Å². The number of unbranched alkanes of at least 4 members (excludes halogenated alkanes) is 1. The summed E-state index contributed by atoms with van der Waals surface area (Å²) in [7, 11) is 0. The number of nitrogens with zero attached hydrogens (tertiary/aromatic N) is 1. The van der Waals surface area contributed by atoms with Gasteiger partial charge in [-0.15, -0.1) is 0 Å². The van der Waals surface area contributed by atoms with Gasteiger partial charge in [0.25, 0.3) is 0 Å². The van der Waals surface area contributed by atoms with Gasteiger partial charge in [-0.05, 0) is 44.6 Å². The molecule has 3 nitrogen and oxygen atoms in total. The molecule has 1 saturated carbocycles. The van der Waals surface area contributed by atoms with Gasteiger partial charge in [0.15, 0.2) is 0 Å². The fraction of sp³-hybridized carbons (Fsp3) is 0.933. The zero-order chi connectivity index (χ0) is 13.0. The Morgan fingerprint density at radius 2 is 2.17 bits per heavy atom. The highest BCUT2D eigenvalue weighted by molar-refractivity contribution is 5.79. The van der Waals surface area contributed by atoms with E-state index >= 15 is 0 Å². The molecule has 0 aromatic carbocycles. The third kappa shape index (κ3) is 3.71. The molecule has 18 heavy (non-hydrogen) atoms. The van der Waals surface area contributed by atoms with Gasteiger partial charge in [0.1, 0.15) is 0 Å². The minimum Gasteiger partial charge on any atom is -0.341 e. The van der Waals surface area contributed by atoms with Crippen LogP contribution in [0.5, 0.6) is 0 Å². The van der Waals surface area contributed by atoms with Crippen molar-refractivity contribution in [2.75, 3.05) is 19.6 Å². The van der Waals surface area contributed by atoms with Crippen LogP contribution >= 0.6 is 0 Å². The van der Waals surface area contributed by atoms with Crippen molar-refractivity contribution in [1.82, 2.24) is 10.2 Å². The summed E-state index contributed by atoms with van der Waals surface area (Å²) in [6.45, 7) is 7.32. The summed E-state index contributed by atoms with van der Waals surface area (Å²) in [5.41, 5.74) is 0. The summed E-state index contributed by atoms with van der Waals surface area (Å²) in [5.74, 6) is 1.33. The Kier molecular flexibility index (Phi) is 5.04. The molecule has 1 aliphatic heterocycles. The molecule has 2 atom stereocenters. The van der Waals surface area contributed by atoms with Crippen molar-refractivity contribution < 1.29 is 4.79 Å². The van der Waals surface area contributed by atoms with Crippen LogP contribution in [0.2, 0.25) is 0 Å². The molecule has 0 bridgehead atoms. The Morgan fingerprint density at radius 3 is 2.72 bits per heavy atom. The number of hydrogen-bond donors (Lipinski definition) is 1. The zero-order valence-corrected chi connectivity index (χ0v) is 12.0. The molecule has 2 aliphatic rings. The number of amides is 1. The van der Waals surface area contributed by atoms with Crippen LogP contribution in [-0.2, 0) is 4.79 Å². The van der Waals surface area contributed by atoms with Crippen molar-refractivity contribution in [2.24, 2.45) is 11.8 Å². The van der Waals surface area contributed by atoms with Crippen molar-refractivity contribution in [3.8, 4) is 0 Å². The second-order valence-electron chi connectivity index (χ2n) is 6.06. The van der Waals surface area contributed by atoms with Crippen molar-refractivity contribution in [3.63, 3.8) is 0 Å². The monoisotopic (exact) mass is 252 g/mol. The van der Waals surface area contributed by atoms with Crippen LogP contribution in [-0.4, -0.2) is 36.5 Å². The summed E-state index contributed by atoms with van der Waals surface area (Å²) < 4.78 is 0. The van der Waals surface area contributed by atoms with Gasteiger partial charge in [-0.25, -0.2) is 0 Å². The lowest BCUT2D eigenvalue weighted by Gasteiger charge is -2.28. The van der Waals surface area contributed by atoms with Crippen LogP contribution in [0.4, 0.5) is 0 Å². The lowest BCUT2D eigenvalue weighted by Crippen LogP contribution is -2.44. The first kappa shape index (κ1) is 13.9. The fourth-order valence-electron chi connectivity index (χ4n) is 2.90. The number of carbonyl (C=O) groups is 1. The normalized spacial score (nSPS) is 25.1. The van der Waals surface area contributed by atoms with Gasteiger partial charge in [0.05, 0.1) is 0 Å². The Balaban J connectivity index is 1.87. The quantitative estimate of drug-likeness (QED) is 0.754. The van der Waals surface area contributed by atoms with E-state index < -0.39 is 0 Å². The SMILES string of the molecule is CCCCN(CC1CCCN1)C(=O)C(C)C1CC1. The molecule has 1 aliphatic carbocycles. The van der Waals surface area contributed by atoms with Crippen molar-refractivity contribution in [1.29, 1.82) is 0 Å². The van der Waals surface area contributed by atoms with E-state index in [1.807, 2.05) is 0 Å². The molecule has 1 amide bonds. The second-order valence-corrected chi connectivity index (χ2v) is 6.06. The Hall–Kier alpha value is -0.570. The van der Waals surface area contributed by atoms with Crippen LogP contribution in [0.3, 0.4) is 0 Å². The van der Waals surface area contributed by atoms with E-state index in [1.165, 1.54) is 32.1 Å². The molecule has 2 fully saturated rings. The van der Waals surface area contributed by atoms with E-state index in [0.29, 0.717) is 17.9 Å². The molecule has 1 N–H and O–H groups in total. The Bertz CT molecular complexity index is 270. The highest BCUT2D eigenvalue weighted by atomic mass is 16.2. The molecule has 1 heterocycles. The van der Waals surface area contributed by atoms with E-state index in [2.05, 4.69) is 24.1 Å². The average molecular weight is 252 g/mol. The van der Waals surface area contributed by atoms with E-state index in [1.54, 1.807) is 0 Å². The first-order chi connectivity index (χ1) is 8.72. The molecule has 3 heteroatoms. The van der Waals surface area contributed by atoms with Gasteiger partial charge >= 0.3 is 0 Å². The third-order valence-electron chi connectivity index (χ3n) is 4.42. The van der Waals surface area contributed by atoms with Crippen LogP contribution in [0, 0.1) is 11.8 Å². The second kappa shape index (κ2) is 6.55. The predicted octanol–water partition coefficient (Wildman–Crippen LogP) is 2.41. The summed E-state index contributed by atoms with van der Waals surface area (Å²) >= 11 is 0. The smallest absolute Gasteiger partial charge is 0.225 e. The molecular formula is C15H28N2O. The van der Waals surface area contributed by atoms with E-state index in [-0.39, 0.29) is 5.92 Å².